The van der Waals surface area contributed by atoms with Crippen molar-refractivity contribution in [1.29, 1.82) is 5.26 Å². The van der Waals surface area contributed by atoms with E-state index in [1.54, 1.807) is 0 Å². The molecule has 0 N–H and O–H groups in total. The Hall–Kier alpha value is -1.90. The molecule has 0 radical (unpaired) electrons. The van der Waals surface area contributed by atoms with E-state index in [-0.39, 0.29) is 5.56 Å². The molecular formula is C9H5F3N2O. The van der Waals surface area contributed by atoms with E-state index in [0.29, 0.717) is 6.07 Å². The van der Waals surface area contributed by atoms with Crippen LogP contribution < -0.4 is 0 Å². The summed E-state index contributed by atoms with van der Waals surface area (Å²) in [5.41, 5.74) is -2.07. The molecule has 0 aliphatic heterocycles. The number of alkyl halides is 3. The summed E-state index contributed by atoms with van der Waals surface area (Å²) in [6.07, 6.45) is -3.74. The molecule has 6 heteroatoms. The maximum atomic E-state index is 12.4. The molecule has 1 aromatic rings. The average Bonchev–Trinajstić information content (AvgIpc) is 2.15. The van der Waals surface area contributed by atoms with Gasteiger partial charge in [-0.15, -0.1) is 0 Å². The van der Waals surface area contributed by atoms with Gasteiger partial charge in [0.1, 0.15) is 11.8 Å². The second-order valence-electron chi connectivity index (χ2n) is 2.79. The van der Waals surface area contributed by atoms with E-state index in [0.717, 1.165) is 13.1 Å². The number of Topliss-reactive ketones (excluding diaryl/α,β-unsaturated/α-hetero) is 1. The topological polar surface area (TPSA) is 53.8 Å². The third kappa shape index (κ3) is 2.31. The minimum atomic E-state index is -4.68. The summed E-state index contributed by atoms with van der Waals surface area (Å²) in [6.45, 7) is 0.990. The number of halogens is 3. The van der Waals surface area contributed by atoms with Gasteiger partial charge in [0, 0.05) is 13.1 Å². The highest BCUT2D eigenvalue weighted by molar-refractivity contribution is 5.93. The molecule has 0 fully saturated rings. The number of pyridine rings is 1. The lowest BCUT2D eigenvalue weighted by Crippen LogP contribution is -2.13. The Balaban J connectivity index is 3.44. The number of hydrogen-bond acceptors (Lipinski definition) is 3. The van der Waals surface area contributed by atoms with E-state index < -0.39 is 23.2 Å². The Labute approximate surface area is 83.2 Å². The normalized spacial score (nSPS) is 10.9. The van der Waals surface area contributed by atoms with Gasteiger partial charge in [-0.05, 0) is 6.07 Å². The molecule has 3 nitrogen and oxygen atoms in total. The third-order valence-corrected chi connectivity index (χ3v) is 1.66. The van der Waals surface area contributed by atoms with Crippen LogP contribution in [0.4, 0.5) is 13.2 Å². The van der Waals surface area contributed by atoms with Gasteiger partial charge in [-0.3, -0.25) is 9.78 Å². The monoisotopic (exact) mass is 214 g/mol. The summed E-state index contributed by atoms with van der Waals surface area (Å²) in [7, 11) is 0. The second kappa shape index (κ2) is 3.69. The molecule has 1 rings (SSSR count). The molecule has 0 saturated heterocycles. The average molecular weight is 214 g/mol. The Morgan fingerprint density at radius 3 is 2.53 bits per heavy atom. The van der Waals surface area contributed by atoms with Gasteiger partial charge in [0.15, 0.2) is 5.78 Å². The van der Waals surface area contributed by atoms with Crippen LogP contribution in [0.1, 0.15) is 28.5 Å². The predicted octanol–water partition coefficient (Wildman–Crippen LogP) is 2.17. The number of aromatic nitrogens is 1. The second-order valence-corrected chi connectivity index (χ2v) is 2.79. The largest absolute Gasteiger partial charge is 0.418 e. The van der Waals surface area contributed by atoms with Gasteiger partial charge in [-0.2, -0.15) is 18.4 Å². The van der Waals surface area contributed by atoms with Crippen LogP contribution in [0, 0.1) is 11.3 Å². The molecule has 1 heterocycles. The molecule has 0 amide bonds. The summed E-state index contributed by atoms with van der Waals surface area (Å²) in [4.78, 5) is 14.2. The smallest absolute Gasteiger partial charge is 0.293 e. The van der Waals surface area contributed by atoms with Gasteiger partial charge in [-0.25, -0.2) is 0 Å². The van der Waals surface area contributed by atoms with Crippen LogP contribution in [-0.4, -0.2) is 10.8 Å². The number of carbonyl (C=O) groups is 1. The van der Waals surface area contributed by atoms with Crippen LogP contribution in [0.25, 0.3) is 0 Å². The fourth-order valence-electron chi connectivity index (χ4n) is 1.02. The zero-order valence-electron chi connectivity index (χ0n) is 7.59. The minimum Gasteiger partial charge on any atom is -0.293 e. The van der Waals surface area contributed by atoms with E-state index in [4.69, 9.17) is 5.26 Å². The highest BCUT2D eigenvalue weighted by atomic mass is 19.4. The van der Waals surface area contributed by atoms with Crippen LogP contribution in [0.5, 0.6) is 0 Å². The number of rotatable bonds is 1. The van der Waals surface area contributed by atoms with Gasteiger partial charge in [-0.1, -0.05) is 0 Å². The molecule has 0 spiro atoms. The minimum absolute atomic E-state index is 0.229. The predicted molar refractivity (Wildman–Crippen MR) is 44.0 cm³/mol. The first kappa shape index (κ1) is 11.2. The van der Waals surface area contributed by atoms with Gasteiger partial charge in [0.05, 0.1) is 11.1 Å². The van der Waals surface area contributed by atoms with Crippen LogP contribution in [0.3, 0.4) is 0 Å². The van der Waals surface area contributed by atoms with Gasteiger partial charge in [0.2, 0.25) is 0 Å². The molecule has 0 saturated carbocycles. The van der Waals surface area contributed by atoms with Crippen molar-refractivity contribution in [1.82, 2.24) is 4.98 Å². The van der Waals surface area contributed by atoms with Crippen molar-refractivity contribution in [3.63, 3.8) is 0 Å². The first-order chi connectivity index (χ1) is 6.86. The molecule has 78 valence electrons. The molecule has 0 aromatic carbocycles. The summed E-state index contributed by atoms with van der Waals surface area (Å²) in [5.74, 6) is -0.785. The zero-order valence-corrected chi connectivity index (χ0v) is 7.59. The van der Waals surface area contributed by atoms with Crippen molar-refractivity contribution in [2.24, 2.45) is 0 Å². The van der Waals surface area contributed by atoms with Crippen molar-refractivity contribution in [2.45, 2.75) is 13.1 Å². The summed E-state index contributed by atoms with van der Waals surface area (Å²) < 4.78 is 37.3. The first-order valence-corrected chi connectivity index (χ1v) is 3.84. The van der Waals surface area contributed by atoms with Gasteiger partial charge >= 0.3 is 6.18 Å². The third-order valence-electron chi connectivity index (χ3n) is 1.66. The Morgan fingerprint density at radius 1 is 1.53 bits per heavy atom. The summed E-state index contributed by atoms with van der Waals surface area (Å²) in [5, 5.41) is 8.41. The SMILES string of the molecule is CC(=O)c1ncc(C#N)cc1C(F)(F)F. The molecule has 0 aliphatic rings. The van der Waals surface area contributed by atoms with Crippen molar-refractivity contribution in [3.05, 3.63) is 29.1 Å². The van der Waals surface area contributed by atoms with E-state index in [1.165, 1.54) is 6.07 Å². The molecule has 0 unspecified atom stereocenters. The van der Waals surface area contributed by atoms with E-state index >= 15 is 0 Å². The number of hydrogen-bond donors (Lipinski definition) is 0. The number of carbonyl (C=O) groups excluding carboxylic acids is 1. The zero-order chi connectivity index (χ0) is 11.6. The Morgan fingerprint density at radius 2 is 2.13 bits per heavy atom. The fourth-order valence-corrected chi connectivity index (χ4v) is 1.02. The fraction of sp³-hybridized carbons (Fsp3) is 0.222. The molecular weight excluding hydrogens is 209 g/mol. The summed E-state index contributed by atoms with van der Waals surface area (Å²) >= 11 is 0. The van der Waals surface area contributed by atoms with Crippen LogP contribution >= 0.6 is 0 Å². The quantitative estimate of drug-likeness (QED) is 0.673. The molecule has 0 bridgehead atoms. The molecule has 0 atom stereocenters. The van der Waals surface area contributed by atoms with Gasteiger partial charge in [0.25, 0.3) is 0 Å². The number of ketones is 1. The van der Waals surface area contributed by atoms with Crippen molar-refractivity contribution < 1.29 is 18.0 Å². The van der Waals surface area contributed by atoms with Gasteiger partial charge < -0.3 is 0 Å². The highest BCUT2D eigenvalue weighted by Gasteiger charge is 2.35. The first-order valence-electron chi connectivity index (χ1n) is 3.84. The number of nitrogens with zero attached hydrogens (tertiary/aromatic N) is 2. The molecule has 1 aromatic heterocycles. The summed E-state index contributed by atoms with van der Waals surface area (Å²) in [6, 6.07) is 2.15. The Bertz CT molecular complexity index is 446. The van der Waals surface area contributed by atoms with Crippen molar-refractivity contribution in [2.75, 3.05) is 0 Å². The van der Waals surface area contributed by atoms with E-state index in [1.807, 2.05) is 0 Å². The number of nitriles is 1. The maximum absolute atomic E-state index is 12.4. The standard InChI is InChI=1S/C9H5F3N2O/c1-5(15)8-7(9(10,11)12)2-6(3-13)4-14-8/h2,4H,1H3. The lowest BCUT2D eigenvalue weighted by molar-refractivity contribution is -0.138. The lowest BCUT2D eigenvalue weighted by Gasteiger charge is -2.09. The maximum Gasteiger partial charge on any atom is 0.418 e. The molecule has 15 heavy (non-hydrogen) atoms. The van der Waals surface area contributed by atoms with E-state index in [9.17, 15) is 18.0 Å². The van der Waals surface area contributed by atoms with Crippen molar-refractivity contribution in [3.8, 4) is 6.07 Å². The van der Waals surface area contributed by atoms with E-state index in [2.05, 4.69) is 4.98 Å². The Kier molecular flexibility index (Phi) is 2.75. The van der Waals surface area contributed by atoms with Crippen LogP contribution in [0.2, 0.25) is 0 Å². The lowest BCUT2D eigenvalue weighted by atomic mass is 10.1. The van der Waals surface area contributed by atoms with Crippen molar-refractivity contribution >= 4 is 5.78 Å². The molecule has 0 aliphatic carbocycles. The van der Waals surface area contributed by atoms with Crippen LogP contribution in [-0.2, 0) is 6.18 Å². The highest BCUT2D eigenvalue weighted by Crippen LogP contribution is 2.31. The van der Waals surface area contributed by atoms with Crippen LogP contribution in [0.15, 0.2) is 12.3 Å².